The molecule has 3 unspecified atom stereocenters. The van der Waals surface area contributed by atoms with Crippen molar-refractivity contribution in [3.8, 4) is 0 Å². The molecule has 0 radical (unpaired) electrons. The molecule has 9 nitrogen and oxygen atoms in total. The Balaban J connectivity index is 0.000000769. The summed E-state index contributed by atoms with van der Waals surface area (Å²) in [5, 5.41) is 9.74. The molecular weight excluding hydrogens is 412 g/mol. The van der Waals surface area contributed by atoms with Crippen LogP contribution in [0.15, 0.2) is 0 Å². The highest BCUT2D eigenvalue weighted by molar-refractivity contribution is 6.37. The molecule has 3 aliphatic rings. The number of Topliss-reactive ketones (excluding diaryl/α,β-unsaturated/α-hetero) is 1. The van der Waals surface area contributed by atoms with E-state index in [4.69, 9.17) is 16.6 Å². The third-order valence-corrected chi connectivity index (χ3v) is 6.32. The predicted octanol–water partition coefficient (Wildman–Crippen LogP) is 0.572. The van der Waals surface area contributed by atoms with Gasteiger partial charge in [-0.05, 0) is 42.9 Å². The number of carbonyl (C=O) groups is 4. The number of nitrogens with two attached hydrogens (primary N) is 2. The summed E-state index contributed by atoms with van der Waals surface area (Å²) in [7, 11) is 1.00. The Labute approximate surface area is 191 Å². The van der Waals surface area contributed by atoms with Gasteiger partial charge in [0.05, 0.1) is 12.6 Å². The zero-order chi connectivity index (χ0) is 24.4. The van der Waals surface area contributed by atoms with Gasteiger partial charge in [-0.3, -0.25) is 19.2 Å². The van der Waals surface area contributed by atoms with Gasteiger partial charge in [-0.15, -0.1) is 0 Å². The van der Waals surface area contributed by atoms with Crippen LogP contribution < -0.4 is 16.8 Å². The summed E-state index contributed by atoms with van der Waals surface area (Å²) in [6, 6.07) is -1.51. The van der Waals surface area contributed by atoms with E-state index in [1.54, 1.807) is 4.90 Å². The first-order valence-corrected chi connectivity index (χ1v) is 11.7. The van der Waals surface area contributed by atoms with Gasteiger partial charge < -0.3 is 26.8 Å². The SMILES string of the molecule is CC(C)C.CO.NCC(=O)N1CC2CCC[C@@H]2C1C(=O)NC(CC1CCC1)C(=O)C(N)=O. The van der Waals surface area contributed by atoms with Crippen molar-refractivity contribution in [3.05, 3.63) is 0 Å². The molecule has 2 saturated carbocycles. The number of ketones is 1. The highest BCUT2D eigenvalue weighted by atomic mass is 16.2. The lowest BCUT2D eigenvalue weighted by Crippen LogP contribution is -2.55. The minimum atomic E-state index is -1.03. The number of hydrogen-bond donors (Lipinski definition) is 4. The van der Waals surface area contributed by atoms with E-state index in [9.17, 15) is 19.2 Å². The van der Waals surface area contributed by atoms with Crippen molar-refractivity contribution in [2.75, 3.05) is 20.2 Å². The highest BCUT2D eigenvalue weighted by Crippen LogP contribution is 2.42. The van der Waals surface area contributed by atoms with Crippen molar-refractivity contribution >= 4 is 23.5 Å². The number of nitrogens with one attached hydrogen (secondary N) is 1. The fourth-order valence-corrected chi connectivity index (χ4v) is 4.74. The molecule has 1 aliphatic heterocycles. The van der Waals surface area contributed by atoms with Gasteiger partial charge in [0.15, 0.2) is 0 Å². The van der Waals surface area contributed by atoms with Crippen LogP contribution in [0, 0.1) is 23.7 Å². The van der Waals surface area contributed by atoms with Gasteiger partial charge in [0.1, 0.15) is 6.04 Å². The second-order valence-corrected chi connectivity index (χ2v) is 9.60. The van der Waals surface area contributed by atoms with Crippen molar-refractivity contribution < 1.29 is 24.3 Å². The molecule has 6 N–H and O–H groups in total. The highest BCUT2D eigenvalue weighted by Gasteiger charge is 2.49. The maximum absolute atomic E-state index is 13.0. The standard InChI is InChI=1S/C18H28N4O4.C4H10.CH4O/c19-8-14(23)22-9-11-5-2-6-12(11)15(22)18(26)21-13(16(24)17(20)25)7-10-3-1-4-10;1-4(2)3;1-2/h10-13,15H,1-9,19H2,(H2,20,25)(H,21,26);4H,1-3H3;2H,1H3/t11?,12-,13?,15?;;/m0../s1. The summed E-state index contributed by atoms with van der Waals surface area (Å²) in [5.74, 6) is -0.848. The monoisotopic (exact) mass is 454 g/mol. The molecule has 0 aromatic heterocycles. The molecule has 3 fully saturated rings. The van der Waals surface area contributed by atoms with Crippen LogP contribution in [0.3, 0.4) is 0 Å². The summed E-state index contributed by atoms with van der Waals surface area (Å²) in [5.41, 5.74) is 10.7. The molecule has 2 aliphatic carbocycles. The van der Waals surface area contributed by atoms with E-state index in [1.807, 2.05) is 0 Å². The van der Waals surface area contributed by atoms with E-state index in [1.165, 1.54) is 0 Å². The molecule has 32 heavy (non-hydrogen) atoms. The molecule has 0 spiro atoms. The number of hydrogen-bond acceptors (Lipinski definition) is 6. The Bertz CT molecular complexity index is 648. The molecule has 3 amide bonds. The topological polar surface area (TPSA) is 156 Å². The summed E-state index contributed by atoms with van der Waals surface area (Å²) < 4.78 is 0. The Morgan fingerprint density at radius 1 is 1.03 bits per heavy atom. The second-order valence-electron chi connectivity index (χ2n) is 9.60. The van der Waals surface area contributed by atoms with Gasteiger partial charge in [-0.25, -0.2) is 0 Å². The van der Waals surface area contributed by atoms with Gasteiger partial charge in [-0.1, -0.05) is 46.5 Å². The van der Waals surface area contributed by atoms with E-state index in [0.717, 1.165) is 51.6 Å². The maximum Gasteiger partial charge on any atom is 0.287 e. The average molecular weight is 455 g/mol. The van der Waals surface area contributed by atoms with E-state index >= 15 is 0 Å². The fourth-order valence-electron chi connectivity index (χ4n) is 4.74. The molecule has 0 bridgehead atoms. The zero-order valence-electron chi connectivity index (χ0n) is 20.0. The van der Waals surface area contributed by atoms with E-state index in [2.05, 4.69) is 26.1 Å². The Kier molecular flexibility index (Phi) is 11.8. The molecule has 184 valence electrons. The summed E-state index contributed by atoms with van der Waals surface area (Å²) in [6.07, 6.45) is 6.42. The Morgan fingerprint density at radius 3 is 2.06 bits per heavy atom. The van der Waals surface area contributed by atoms with Crippen molar-refractivity contribution in [2.45, 2.75) is 77.8 Å². The summed E-state index contributed by atoms with van der Waals surface area (Å²) in [6.45, 7) is 6.89. The first kappa shape index (κ1) is 28.0. The predicted molar refractivity (Wildman–Crippen MR) is 122 cm³/mol. The third kappa shape index (κ3) is 7.55. The quantitative estimate of drug-likeness (QED) is 0.412. The van der Waals surface area contributed by atoms with Crippen LogP contribution in [0.1, 0.15) is 65.7 Å². The first-order valence-electron chi connectivity index (χ1n) is 11.7. The molecule has 0 aromatic carbocycles. The molecule has 3 rings (SSSR count). The van der Waals surface area contributed by atoms with Crippen LogP contribution >= 0.6 is 0 Å². The van der Waals surface area contributed by atoms with Crippen molar-refractivity contribution in [1.29, 1.82) is 0 Å². The molecule has 9 heteroatoms. The largest absolute Gasteiger partial charge is 0.400 e. The Morgan fingerprint density at radius 2 is 1.59 bits per heavy atom. The number of likely N-dealkylation sites (tertiary alicyclic amines) is 1. The normalized spacial score (nSPS) is 24.8. The van der Waals surface area contributed by atoms with Gasteiger partial charge in [0, 0.05) is 13.7 Å². The number of carbonyl (C=O) groups excluding carboxylic acids is 4. The van der Waals surface area contributed by atoms with Crippen LogP contribution in [-0.2, 0) is 19.2 Å². The van der Waals surface area contributed by atoms with Crippen LogP contribution in [0.4, 0.5) is 0 Å². The average Bonchev–Trinajstić information content (AvgIpc) is 3.30. The second kappa shape index (κ2) is 13.5. The van der Waals surface area contributed by atoms with Crippen LogP contribution in [0.5, 0.6) is 0 Å². The van der Waals surface area contributed by atoms with Crippen molar-refractivity contribution in [1.82, 2.24) is 10.2 Å². The number of primary amides is 1. The van der Waals surface area contributed by atoms with Crippen LogP contribution in [-0.4, -0.2) is 65.8 Å². The number of fused-ring (bicyclic) bond motifs is 1. The third-order valence-electron chi connectivity index (χ3n) is 6.32. The van der Waals surface area contributed by atoms with Gasteiger partial charge >= 0.3 is 0 Å². The molecule has 4 atom stereocenters. The first-order chi connectivity index (χ1) is 15.1. The summed E-state index contributed by atoms with van der Waals surface area (Å²) in [4.78, 5) is 50.3. The molecular formula is C23H42N4O5. The van der Waals surface area contributed by atoms with Gasteiger partial charge in [-0.2, -0.15) is 0 Å². The van der Waals surface area contributed by atoms with Gasteiger partial charge in [0.2, 0.25) is 17.6 Å². The number of aliphatic hydroxyl groups is 1. The molecule has 1 heterocycles. The number of nitrogens with zero attached hydrogens (tertiary/aromatic N) is 1. The minimum Gasteiger partial charge on any atom is -0.400 e. The Hall–Kier alpha value is -2.00. The molecule has 1 saturated heterocycles. The lowest BCUT2D eigenvalue weighted by molar-refractivity contribution is -0.141. The maximum atomic E-state index is 13.0. The number of aliphatic hydroxyl groups excluding tert-OH is 1. The number of rotatable bonds is 7. The van der Waals surface area contributed by atoms with Crippen molar-refractivity contribution in [3.63, 3.8) is 0 Å². The van der Waals surface area contributed by atoms with E-state index in [-0.39, 0.29) is 24.3 Å². The smallest absolute Gasteiger partial charge is 0.287 e. The van der Waals surface area contributed by atoms with Gasteiger partial charge in [0.25, 0.3) is 5.91 Å². The lowest BCUT2D eigenvalue weighted by Gasteiger charge is -2.31. The molecule has 0 aromatic rings. The minimum absolute atomic E-state index is 0.0959. The zero-order valence-corrected chi connectivity index (χ0v) is 20.0. The van der Waals surface area contributed by atoms with Crippen LogP contribution in [0.2, 0.25) is 0 Å². The number of amides is 3. The van der Waals surface area contributed by atoms with E-state index < -0.39 is 23.8 Å². The van der Waals surface area contributed by atoms with Crippen molar-refractivity contribution in [2.24, 2.45) is 35.1 Å². The van der Waals surface area contributed by atoms with Crippen LogP contribution in [0.25, 0.3) is 0 Å². The summed E-state index contributed by atoms with van der Waals surface area (Å²) >= 11 is 0. The lowest BCUT2D eigenvalue weighted by atomic mass is 9.80. The fraction of sp³-hybridized carbons (Fsp3) is 0.826. The van der Waals surface area contributed by atoms with E-state index in [0.29, 0.717) is 24.8 Å².